The Bertz CT molecular complexity index is 910. The summed E-state index contributed by atoms with van der Waals surface area (Å²) in [4.78, 5) is 17.1. The standard InChI is InChI=1S/C19H22N6O/c20-19-23-17(24-25-19)16(22-18(26)13-8-10-21-11-9-13)15-7-3-5-12-4-1-2-6-14(12)15/h1-7,13,16,21H,8-11H2,(H,22,26)(H3,20,23,24,25). The Morgan fingerprint density at radius 3 is 2.69 bits per heavy atom. The van der Waals surface area contributed by atoms with Crippen LogP contribution < -0.4 is 16.4 Å². The molecule has 1 amide bonds. The summed E-state index contributed by atoms with van der Waals surface area (Å²) in [5.74, 6) is 0.760. The minimum absolute atomic E-state index is 0.00833. The van der Waals surface area contributed by atoms with Gasteiger partial charge in [-0.1, -0.05) is 42.5 Å². The van der Waals surface area contributed by atoms with Crippen LogP contribution in [-0.2, 0) is 4.79 Å². The van der Waals surface area contributed by atoms with Gasteiger partial charge in [0, 0.05) is 5.92 Å². The molecule has 1 atom stereocenters. The van der Waals surface area contributed by atoms with Crippen molar-refractivity contribution in [1.29, 1.82) is 0 Å². The zero-order valence-corrected chi connectivity index (χ0v) is 14.4. The summed E-state index contributed by atoms with van der Waals surface area (Å²) in [6.45, 7) is 1.73. The summed E-state index contributed by atoms with van der Waals surface area (Å²) in [5, 5.41) is 15.4. The molecule has 1 unspecified atom stereocenters. The fraction of sp³-hybridized carbons (Fsp3) is 0.316. The molecular weight excluding hydrogens is 328 g/mol. The van der Waals surface area contributed by atoms with Crippen LogP contribution >= 0.6 is 0 Å². The first-order valence-corrected chi connectivity index (χ1v) is 8.89. The number of H-pyrrole nitrogens is 1. The number of amides is 1. The Labute approximate surface area is 151 Å². The highest BCUT2D eigenvalue weighted by Gasteiger charge is 2.27. The number of nitrogens with zero attached hydrogens (tertiary/aromatic N) is 2. The third-order valence-electron chi connectivity index (χ3n) is 4.92. The number of nitrogen functional groups attached to an aromatic ring is 1. The number of carbonyl (C=O) groups excluding carboxylic acids is 1. The van der Waals surface area contributed by atoms with Crippen molar-refractivity contribution in [2.75, 3.05) is 18.8 Å². The molecule has 1 saturated heterocycles. The van der Waals surface area contributed by atoms with Gasteiger partial charge < -0.3 is 16.4 Å². The quantitative estimate of drug-likeness (QED) is 0.573. The molecule has 134 valence electrons. The highest BCUT2D eigenvalue weighted by atomic mass is 16.2. The van der Waals surface area contributed by atoms with E-state index in [0.29, 0.717) is 5.82 Å². The average molecular weight is 350 g/mol. The largest absolute Gasteiger partial charge is 0.367 e. The van der Waals surface area contributed by atoms with E-state index in [1.807, 2.05) is 30.3 Å². The van der Waals surface area contributed by atoms with Crippen molar-refractivity contribution in [1.82, 2.24) is 25.8 Å². The second kappa shape index (κ2) is 7.13. The highest BCUT2D eigenvalue weighted by Crippen LogP contribution is 2.28. The maximum Gasteiger partial charge on any atom is 0.239 e. The molecule has 0 bridgehead atoms. The number of piperidine rings is 1. The van der Waals surface area contributed by atoms with Crippen LogP contribution in [0.25, 0.3) is 10.8 Å². The summed E-state index contributed by atoms with van der Waals surface area (Å²) in [5.41, 5.74) is 6.68. The Kier molecular flexibility index (Phi) is 4.53. The summed E-state index contributed by atoms with van der Waals surface area (Å²) >= 11 is 0. The second-order valence-electron chi connectivity index (χ2n) is 6.61. The third kappa shape index (κ3) is 3.25. The molecule has 0 saturated carbocycles. The van der Waals surface area contributed by atoms with E-state index < -0.39 is 6.04 Å². The minimum Gasteiger partial charge on any atom is -0.367 e. The number of benzene rings is 2. The molecule has 7 heteroatoms. The van der Waals surface area contributed by atoms with Crippen LogP contribution in [0.5, 0.6) is 0 Å². The molecule has 5 N–H and O–H groups in total. The number of nitrogens with two attached hydrogens (primary N) is 1. The van der Waals surface area contributed by atoms with Crippen LogP contribution in [0.15, 0.2) is 42.5 Å². The zero-order valence-electron chi connectivity index (χ0n) is 14.4. The molecule has 7 nitrogen and oxygen atoms in total. The van der Waals surface area contributed by atoms with Crippen LogP contribution in [0, 0.1) is 5.92 Å². The van der Waals surface area contributed by atoms with Crippen LogP contribution in [0.4, 0.5) is 5.95 Å². The number of hydrogen-bond acceptors (Lipinski definition) is 5. The van der Waals surface area contributed by atoms with Gasteiger partial charge in [-0.3, -0.25) is 9.89 Å². The van der Waals surface area contributed by atoms with E-state index in [2.05, 4.69) is 37.9 Å². The first-order chi connectivity index (χ1) is 12.7. The third-order valence-corrected chi connectivity index (χ3v) is 4.92. The molecule has 1 fully saturated rings. The predicted molar refractivity (Wildman–Crippen MR) is 100 cm³/mol. The minimum atomic E-state index is -0.423. The van der Waals surface area contributed by atoms with Crippen molar-refractivity contribution in [2.24, 2.45) is 5.92 Å². The smallest absolute Gasteiger partial charge is 0.239 e. The molecule has 1 aromatic heterocycles. The Hall–Kier alpha value is -2.93. The van der Waals surface area contributed by atoms with Gasteiger partial charge in [-0.2, -0.15) is 4.98 Å². The van der Waals surface area contributed by atoms with E-state index in [0.717, 1.165) is 42.3 Å². The molecular formula is C19H22N6O. The van der Waals surface area contributed by atoms with Crippen molar-refractivity contribution < 1.29 is 4.79 Å². The van der Waals surface area contributed by atoms with Gasteiger partial charge in [0.15, 0.2) is 5.82 Å². The number of nitrogens with one attached hydrogen (secondary N) is 3. The first-order valence-electron chi connectivity index (χ1n) is 8.89. The Morgan fingerprint density at radius 1 is 1.15 bits per heavy atom. The molecule has 0 radical (unpaired) electrons. The van der Waals surface area contributed by atoms with Gasteiger partial charge in [0.2, 0.25) is 11.9 Å². The maximum atomic E-state index is 12.9. The summed E-state index contributed by atoms with van der Waals surface area (Å²) < 4.78 is 0. The van der Waals surface area contributed by atoms with Gasteiger partial charge >= 0.3 is 0 Å². The van der Waals surface area contributed by atoms with Gasteiger partial charge in [0.25, 0.3) is 0 Å². The van der Waals surface area contributed by atoms with E-state index in [1.165, 1.54) is 0 Å². The number of hydrogen-bond donors (Lipinski definition) is 4. The van der Waals surface area contributed by atoms with Crippen molar-refractivity contribution in [3.63, 3.8) is 0 Å². The van der Waals surface area contributed by atoms with Crippen molar-refractivity contribution in [3.8, 4) is 0 Å². The molecule has 4 rings (SSSR count). The first kappa shape index (κ1) is 16.5. The van der Waals surface area contributed by atoms with Crippen LogP contribution in [0.3, 0.4) is 0 Å². The SMILES string of the molecule is Nc1n[nH]c(C(NC(=O)C2CCNCC2)c2cccc3ccccc23)n1. The lowest BCUT2D eigenvalue weighted by molar-refractivity contribution is -0.126. The molecule has 0 aliphatic carbocycles. The van der Waals surface area contributed by atoms with E-state index in [1.54, 1.807) is 0 Å². The lowest BCUT2D eigenvalue weighted by atomic mass is 9.94. The lowest BCUT2D eigenvalue weighted by Crippen LogP contribution is -2.40. The van der Waals surface area contributed by atoms with Gasteiger partial charge in [-0.15, -0.1) is 5.10 Å². The summed E-state index contributed by atoms with van der Waals surface area (Å²) in [6.07, 6.45) is 1.68. The maximum absolute atomic E-state index is 12.9. The topological polar surface area (TPSA) is 109 Å². The molecule has 26 heavy (non-hydrogen) atoms. The molecule has 2 aromatic carbocycles. The Balaban J connectivity index is 1.72. The van der Waals surface area contributed by atoms with E-state index in [9.17, 15) is 4.79 Å². The monoisotopic (exact) mass is 350 g/mol. The van der Waals surface area contributed by atoms with Crippen LogP contribution in [-0.4, -0.2) is 34.2 Å². The summed E-state index contributed by atoms with van der Waals surface area (Å²) in [7, 11) is 0. The average Bonchev–Trinajstić information content (AvgIpc) is 3.12. The van der Waals surface area contributed by atoms with Crippen molar-refractivity contribution in [3.05, 3.63) is 53.9 Å². The number of aromatic nitrogens is 3. The number of anilines is 1. The molecule has 0 spiro atoms. The fourth-order valence-electron chi connectivity index (χ4n) is 3.56. The second-order valence-corrected chi connectivity index (χ2v) is 6.61. The highest BCUT2D eigenvalue weighted by molar-refractivity contribution is 5.87. The van der Waals surface area contributed by atoms with E-state index >= 15 is 0 Å². The van der Waals surface area contributed by atoms with Gasteiger partial charge in [0.1, 0.15) is 6.04 Å². The number of aromatic amines is 1. The van der Waals surface area contributed by atoms with Crippen molar-refractivity contribution >= 4 is 22.6 Å². The van der Waals surface area contributed by atoms with Crippen LogP contribution in [0.2, 0.25) is 0 Å². The molecule has 1 aliphatic heterocycles. The lowest BCUT2D eigenvalue weighted by Gasteiger charge is -2.25. The van der Waals surface area contributed by atoms with Crippen LogP contribution in [0.1, 0.15) is 30.3 Å². The number of rotatable bonds is 4. The number of carbonyl (C=O) groups is 1. The van der Waals surface area contributed by atoms with Gasteiger partial charge in [-0.25, -0.2) is 0 Å². The zero-order chi connectivity index (χ0) is 17.9. The Morgan fingerprint density at radius 2 is 1.92 bits per heavy atom. The molecule has 1 aliphatic rings. The molecule has 2 heterocycles. The molecule has 3 aromatic rings. The van der Waals surface area contributed by atoms with E-state index in [-0.39, 0.29) is 17.8 Å². The normalized spacial score (nSPS) is 16.5. The summed E-state index contributed by atoms with van der Waals surface area (Å²) in [6, 6.07) is 13.7. The van der Waals surface area contributed by atoms with Gasteiger partial charge in [0.05, 0.1) is 0 Å². The fourth-order valence-corrected chi connectivity index (χ4v) is 3.56. The van der Waals surface area contributed by atoms with Gasteiger partial charge in [-0.05, 0) is 42.3 Å². The number of fused-ring (bicyclic) bond motifs is 1. The predicted octanol–water partition coefficient (Wildman–Crippen LogP) is 1.75. The van der Waals surface area contributed by atoms with E-state index in [4.69, 9.17) is 5.73 Å². The van der Waals surface area contributed by atoms with Crippen molar-refractivity contribution in [2.45, 2.75) is 18.9 Å².